The van der Waals surface area contributed by atoms with Crippen molar-refractivity contribution in [3.63, 3.8) is 0 Å². The zero-order valence-electron chi connectivity index (χ0n) is 10.1. The highest BCUT2D eigenvalue weighted by Crippen LogP contribution is 2.29. The Morgan fingerprint density at radius 2 is 2.18 bits per heavy atom. The minimum absolute atomic E-state index is 0.184. The Morgan fingerprint density at radius 1 is 1.47 bits per heavy atom. The van der Waals surface area contributed by atoms with Gasteiger partial charge in [-0.2, -0.15) is 0 Å². The molecule has 0 amide bonds. The molecule has 0 aliphatic rings. The van der Waals surface area contributed by atoms with E-state index in [1.54, 1.807) is 18.4 Å². The number of hydrogen-bond acceptors (Lipinski definition) is 2. The lowest BCUT2D eigenvalue weighted by atomic mass is 10.2. The Bertz CT molecular complexity index is 535. The third kappa shape index (κ3) is 1.86. The van der Waals surface area contributed by atoms with Crippen molar-refractivity contribution in [1.82, 2.24) is 4.57 Å². The Morgan fingerprint density at radius 3 is 2.65 bits per heavy atom. The monoisotopic (exact) mass is 233 g/mol. The molecule has 2 aromatic heterocycles. The van der Waals surface area contributed by atoms with Gasteiger partial charge < -0.3 is 14.1 Å². The van der Waals surface area contributed by atoms with Gasteiger partial charge in [0.05, 0.1) is 17.5 Å². The first-order valence-corrected chi connectivity index (χ1v) is 5.51. The second kappa shape index (κ2) is 4.13. The normalized spacial score (nSPS) is 11.1. The largest absolute Gasteiger partial charge is 0.478 e. The summed E-state index contributed by atoms with van der Waals surface area (Å²) >= 11 is 0. The van der Waals surface area contributed by atoms with E-state index in [0.29, 0.717) is 11.3 Å². The highest BCUT2D eigenvalue weighted by Gasteiger charge is 2.20. The van der Waals surface area contributed by atoms with Crippen LogP contribution in [0.3, 0.4) is 0 Å². The summed E-state index contributed by atoms with van der Waals surface area (Å²) in [5.74, 6) is -0.219. The average molecular weight is 233 g/mol. The molecule has 1 N–H and O–H groups in total. The minimum atomic E-state index is -0.908. The van der Waals surface area contributed by atoms with Gasteiger partial charge in [-0.1, -0.05) is 0 Å². The molecule has 0 saturated carbocycles. The maximum atomic E-state index is 11.1. The summed E-state index contributed by atoms with van der Waals surface area (Å²) in [7, 11) is 0. The van der Waals surface area contributed by atoms with E-state index in [-0.39, 0.29) is 6.04 Å². The van der Waals surface area contributed by atoms with Crippen LogP contribution in [0.5, 0.6) is 0 Å². The molecule has 4 heteroatoms. The van der Waals surface area contributed by atoms with Crippen LogP contribution in [0.15, 0.2) is 28.9 Å². The minimum Gasteiger partial charge on any atom is -0.478 e. The van der Waals surface area contributed by atoms with Crippen molar-refractivity contribution >= 4 is 5.97 Å². The molecule has 0 spiro atoms. The Labute approximate surface area is 99.5 Å². The number of carboxylic acid groups (broad SMARTS) is 1. The number of nitrogens with zero attached hydrogens (tertiary/aromatic N) is 1. The molecule has 0 fully saturated rings. The highest BCUT2D eigenvalue weighted by atomic mass is 16.4. The van der Waals surface area contributed by atoms with Crippen molar-refractivity contribution in [2.24, 2.45) is 0 Å². The van der Waals surface area contributed by atoms with Crippen molar-refractivity contribution in [2.45, 2.75) is 26.8 Å². The molecule has 0 atom stereocenters. The van der Waals surface area contributed by atoms with Crippen LogP contribution >= 0.6 is 0 Å². The lowest BCUT2D eigenvalue weighted by Crippen LogP contribution is -2.06. The molecule has 0 radical (unpaired) electrons. The molecule has 4 nitrogen and oxygen atoms in total. The number of aromatic nitrogens is 1. The molecule has 2 rings (SSSR count). The summed E-state index contributed by atoms with van der Waals surface area (Å²) in [6.45, 7) is 5.85. The molecule has 0 saturated heterocycles. The summed E-state index contributed by atoms with van der Waals surface area (Å²) in [6, 6.07) is 5.47. The average Bonchev–Trinajstić information content (AvgIpc) is 2.82. The Kier molecular flexibility index (Phi) is 2.79. The molecule has 90 valence electrons. The van der Waals surface area contributed by atoms with Gasteiger partial charge >= 0.3 is 5.97 Å². The molecule has 0 aromatic carbocycles. The third-order valence-corrected chi connectivity index (χ3v) is 2.81. The fourth-order valence-corrected chi connectivity index (χ4v) is 2.12. The first-order valence-electron chi connectivity index (χ1n) is 5.51. The second-order valence-electron chi connectivity index (χ2n) is 4.27. The quantitative estimate of drug-likeness (QED) is 0.884. The van der Waals surface area contributed by atoms with E-state index >= 15 is 0 Å². The van der Waals surface area contributed by atoms with E-state index in [4.69, 9.17) is 9.52 Å². The van der Waals surface area contributed by atoms with Crippen LogP contribution in [-0.2, 0) is 0 Å². The first kappa shape index (κ1) is 11.5. The Hall–Kier alpha value is -1.97. The summed E-state index contributed by atoms with van der Waals surface area (Å²) in [6.07, 6.45) is 1.59. The smallest absolute Gasteiger partial charge is 0.337 e. The lowest BCUT2D eigenvalue weighted by Gasteiger charge is -2.14. The molecule has 0 bridgehead atoms. The molecular formula is C13H15NO3. The molecular weight excluding hydrogens is 218 g/mol. The molecule has 17 heavy (non-hydrogen) atoms. The van der Waals surface area contributed by atoms with Crippen LogP contribution in [-0.4, -0.2) is 15.6 Å². The van der Waals surface area contributed by atoms with Crippen molar-refractivity contribution in [2.75, 3.05) is 0 Å². The van der Waals surface area contributed by atoms with Gasteiger partial charge in [-0.3, -0.25) is 0 Å². The number of aromatic carboxylic acids is 1. The van der Waals surface area contributed by atoms with Crippen molar-refractivity contribution in [1.29, 1.82) is 0 Å². The highest BCUT2D eigenvalue weighted by molar-refractivity contribution is 5.91. The van der Waals surface area contributed by atoms with E-state index < -0.39 is 5.97 Å². The molecule has 0 aliphatic heterocycles. The van der Waals surface area contributed by atoms with Crippen LogP contribution in [0.4, 0.5) is 0 Å². The second-order valence-corrected chi connectivity index (χ2v) is 4.27. The third-order valence-electron chi connectivity index (χ3n) is 2.81. The number of hydrogen-bond donors (Lipinski definition) is 1. The van der Waals surface area contributed by atoms with E-state index in [0.717, 1.165) is 11.4 Å². The predicted octanol–water partition coefficient (Wildman–Crippen LogP) is 3.34. The zero-order valence-corrected chi connectivity index (χ0v) is 10.1. The van der Waals surface area contributed by atoms with E-state index in [1.165, 1.54) is 0 Å². The number of carboxylic acids is 1. The standard InChI is InChI=1S/C13H15NO3/c1-8(2)14-9(3)10(13(15)16)7-11(14)12-5-4-6-17-12/h4-8H,1-3H3,(H,15,16). The molecule has 2 aromatic rings. The first-order chi connectivity index (χ1) is 8.02. The summed E-state index contributed by atoms with van der Waals surface area (Å²) < 4.78 is 7.32. The van der Waals surface area contributed by atoms with E-state index in [2.05, 4.69) is 0 Å². The van der Waals surface area contributed by atoms with Gasteiger partial charge in [0.1, 0.15) is 5.76 Å². The fourth-order valence-electron chi connectivity index (χ4n) is 2.12. The van der Waals surface area contributed by atoms with Crippen LogP contribution in [0.25, 0.3) is 11.5 Å². The lowest BCUT2D eigenvalue weighted by molar-refractivity contribution is 0.0696. The van der Waals surface area contributed by atoms with Gasteiger partial charge in [0.25, 0.3) is 0 Å². The van der Waals surface area contributed by atoms with Gasteiger partial charge in [-0.05, 0) is 39.0 Å². The summed E-state index contributed by atoms with van der Waals surface area (Å²) in [4.78, 5) is 11.1. The summed E-state index contributed by atoms with van der Waals surface area (Å²) in [5, 5.41) is 9.14. The molecule has 0 aliphatic carbocycles. The SMILES string of the molecule is Cc1c(C(=O)O)cc(-c2ccco2)n1C(C)C. The zero-order chi connectivity index (χ0) is 12.6. The Balaban J connectivity index is 2.66. The van der Waals surface area contributed by atoms with E-state index in [9.17, 15) is 4.79 Å². The number of carbonyl (C=O) groups is 1. The van der Waals surface area contributed by atoms with Gasteiger partial charge in [0.15, 0.2) is 0 Å². The van der Waals surface area contributed by atoms with Gasteiger partial charge in [0.2, 0.25) is 0 Å². The summed E-state index contributed by atoms with van der Waals surface area (Å²) in [5.41, 5.74) is 1.88. The number of rotatable bonds is 3. The molecule has 0 unspecified atom stereocenters. The predicted molar refractivity (Wildman–Crippen MR) is 64.2 cm³/mol. The van der Waals surface area contributed by atoms with Crippen molar-refractivity contribution in [3.8, 4) is 11.5 Å². The topological polar surface area (TPSA) is 55.4 Å². The van der Waals surface area contributed by atoms with Crippen LogP contribution in [0, 0.1) is 6.92 Å². The molecule has 2 heterocycles. The van der Waals surface area contributed by atoms with E-state index in [1.807, 2.05) is 31.4 Å². The maximum Gasteiger partial charge on any atom is 0.337 e. The van der Waals surface area contributed by atoms with Gasteiger partial charge in [0, 0.05) is 11.7 Å². The van der Waals surface area contributed by atoms with Crippen LogP contribution < -0.4 is 0 Å². The number of furan rings is 1. The fraction of sp³-hybridized carbons (Fsp3) is 0.308. The van der Waals surface area contributed by atoms with Crippen molar-refractivity contribution in [3.05, 3.63) is 35.7 Å². The van der Waals surface area contributed by atoms with Crippen LogP contribution in [0.1, 0.15) is 35.9 Å². The maximum absolute atomic E-state index is 11.1. The van der Waals surface area contributed by atoms with Gasteiger partial charge in [-0.15, -0.1) is 0 Å². The van der Waals surface area contributed by atoms with Gasteiger partial charge in [-0.25, -0.2) is 4.79 Å². The van der Waals surface area contributed by atoms with Crippen molar-refractivity contribution < 1.29 is 14.3 Å². The van der Waals surface area contributed by atoms with Crippen LogP contribution in [0.2, 0.25) is 0 Å².